The minimum Gasteiger partial charge on any atom is -0.356 e. The van der Waals surface area contributed by atoms with Gasteiger partial charge in [-0.2, -0.15) is 11.8 Å². The molecule has 0 saturated heterocycles. The minimum absolute atomic E-state index is 0.191. The van der Waals surface area contributed by atoms with Gasteiger partial charge in [0.15, 0.2) is 0 Å². The predicted molar refractivity (Wildman–Crippen MR) is 86.7 cm³/mol. The Morgan fingerprint density at radius 1 is 1.43 bits per heavy atom. The van der Waals surface area contributed by atoms with E-state index in [1.807, 2.05) is 24.0 Å². The summed E-state index contributed by atoms with van der Waals surface area (Å²) in [7, 11) is 2.12. The highest BCUT2D eigenvalue weighted by molar-refractivity contribution is 7.99. The number of hydrogen-bond donors (Lipinski definition) is 1. The molecule has 21 heavy (non-hydrogen) atoms. The second-order valence-electron chi connectivity index (χ2n) is 5.66. The average Bonchev–Trinajstić information content (AvgIpc) is 2.92. The van der Waals surface area contributed by atoms with Gasteiger partial charge in [-0.25, -0.2) is 9.97 Å². The van der Waals surface area contributed by atoms with Crippen molar-refractivity contribution in [3.63, 3.8) is 0 Å². The summed E-state index contributed by atoms with van der Waals surface area (Å²) >= 11 is 1.89. The van der Waals surface area contributed by atoms with Crippen molar-refractivity contribution in [3.05, 3.63) is 18.6 Å². The van der Waals surface area contributed by atoms with Crippen LogP contribution in [-0.2, 0) is 0 Å². The molecule has 2 aromatic heterocycles. The van der Waals surface area contributed by atoms with Crippen LogP contribution in [-0.4, -0.2) is 46.2 Å². The molecular formula is C15H21FN4S. The first-order valence-corrected chi connectivity index (χ1v) is 8.59. The Morgan fingerprint density at radius 2 is 2.29 bits per heavy atom. The summed E-state index contributed by atoms with van der Waals surface area (Å²) in [4.78, 5) is 14.1. The van der Waals surface area contributed by atoms with Crippen LogP contribution in [0.15, 0.2) is 18.6 Å². The molecule has 1 aliphatic rings. The first-order chi connectivity index (χ1) is 10.3. The zero-order valence-corrected chi connectivity index (χ0v) is 13.1. The number of rotatable bonds is 7. The molecule has 2 heterocycles. The number of halogens is 1. The van der Waals surface area contributed by atoms with Crippen molar-refractivity contribution in [2.24, 2.45) is 5.92 Å². The van der Waals surface area contributed by atoms with Crippen molar-refractivity contribution in [3.8, 4) is 0 Å². The normalized spacial score (nSPS) is 21.4. The molecule has 0 spiro atoms. The third kappa shape index (κ3) is 3.15. The largest absolute Gasteiger partial charge is 0.356 e. The van der Waals surface area contributed by atoms with Gasteiger partial charge < -0.3 is 9.88 Å². The smallest absolute Gasteiger partial charge is 0.142 e. The summed E-state index contributed by atoms with van der Waals surface area (Å²) in [5.41, 5.74) is 0.893. The maximum Gasteiger partial charge on any atom is 0.142 e. The number of hydrogen-bond acceptors (Lipinski definition) is 4. The van der Waals surface area contributed by atoms with E-state index in [1.165, 1.54) is 12.8 Å². The molecule has 1 N–H and O–H groups in total. The van der Waals surface area contributed by atoms with Crippen LogP contribution in [0.3, 0.4) is 0 Å². The van der Waals surface area contributed by atoms with Gasteiger partial charge in [-0.3, -0.25) is 4.39 Å². The van der Waals surface area contributed by atoms with Crippen molar-refractivity contribution in [1.82, 2.24) is 15.0 Å². The van der Waals surface area contributed by atoms with Crippen molar-refractivity contribution in [2.45, 2.75) is 25.3 Å². The number of H-pyrrole nitrogens is 1. The summed E-state index contributed by atoms with van der Waals surface area (Å²) < 4.78 is 12.0. The van der Waals surface area contributed by atoms with Crippen LogP contribution in [0.2, 0.25) is 0 Å². The highest BCUT2D eigenvalue weighted by Crippen LogP contribution is 2.36. The van der Waals surface area contributed by atoms with Gasteiger partial charge in [-0.1, -0.05) is 0 Å². The summed E-state index contributed by atoms with van der Waals surface area (Å²) in [5, 5.41) is 1.08. The van der Waals surface area contributed by atoms with Crippen molar-refractivity contribution >= 4 is 28.6 Å². The third-order valence-electron chi connectivity index (χ3n) is 4.20. The van der Waals surface area contributed by atoms with E-state index in [2.05, 4.69) is 26.9 Å². The van der Waals surface area contributed by atoms with Crippen molar-refractivity contribution in [2.75, 3.05) is 30.1 Å². The van der Waals surface area contributed by atoms with Crippen molar-refractivity contribution < 1.29 is 4.39 Å². The van der Waals surface area contributed by atoms with E-state index in [4.69, 9.17) is 0 Å². The van der Waals surface area contributed by atoms with E-state index in [1.54, 1.807) is 6.33 Å². The Hall–Kier alpha value is -1.30. The van der Waals surface area contributed by atoms with Gasteiger partial charge in [0, 0.05) is 19.3 Å². The molecule has 0 unspecified atom stereocenters. The third-order valence-corrected chi connectivity index (χ3v) is 5.49. The molecule has 0 bridgehead atoms. The predicted octanol–water partition coefficient (Wildman–Crippen LogP) is 3.27. The first kappa shape index (κ1) is 14.6. The molecule has 2 aromatic rings. The second kappa shape index (κ2) is 6.64. The monoisotopic (exact) mass is 308 g/mol. The van der Waals surface area contributed by atoms with Gasteiger partial charge in [0.25, 0.3) is 0 Å². The molecule has 1 saturated carbocycles. The number of aromatic amines is 1. The first-order valence-electron chi connectivity index (χ1n) is 7.44. The SMILES string of the molecule is CN(c1ncnc2[nH]ccc12)[C@H]1C[C@@H](CSCCCF)C1. The van der Waals surface area contributed by atoms with Gasteiger partial charge in [0.1, 0.15) is 17.8 Å². The van der Waals surface area contributed by atoms with Gasteiger partial charge in [-0.05, 0) is 42.8 Å². The van der Waals surface area contributed by atoms with Crippen LogP contribution >= 0.6 is 11.8 Å². The molecule has 3 rings (SSSR count). The lowest BCUT2D eigenvalue weighted by molar-refractivity contribution is 0.286. The number of thioether (sulfide) groups is 1. The van der Waals surface area contributed by atoms with Crippen LogP contribution in [0.1, 0.15) is 19.3 Å². The molecule has 4 nitrogen and oxygen atoms in total. The molecule has 0 amide bonds. The van der Waals surface area contributed by atoms with Gasteiger partial charge >= 0.3 is 0 Å². The number of fused-ring (bicyclic) bond motifs is 1. The fourth-order valence-electron chi connectivity index (χ4n) is 2.87. The fourth-order valence-corrected chi connectivity index (χ4v) is 3.96. The number of alkyl halides is 1. The molecular weight excluding hydrogens is 287 g/mol. The standard InChI is InChI=1S/C15H21FN4S/c1-20(12-7-11(8-12)9-21-6-2-4-16)15-13-3-5-17-14(13)18-10-19-15/h3,5,10-12H,2,4,6-9H2,1H3,(H,17,18,19)/t11-,12+. The van der Waals surface area contributed by atoms with Crippen molar-refractivity contribution in [1.29, 1.82) is 0 Å². The average molecular weight is 308 g/mol. The van der Waals surface area contributed by atoms with Crippen LogP contribution in [0, 0.1) is 5.92 Å². The zero-order valence-electron chi connectivity index (χ0n) is 12.3. The van der Waals surface area contributed by atoms with E-state index in [9.17, 15) is 4.39 Å². The lowest BCUT2D eigenvalue weighted by atomic mass is 9.81. The minimum atomic E-state index is -0.191. The maximum atomic E-state index is 12.0. The topological polar surface area (TPSA) is 44.8 Å². The van der Waals surface area contributed by atoms with E-state index in [0.29, 0.717) is 12.5 Å². The number of nitrogens with zero attached hydrogens (tertiary/aromatic N) is 3. The Kier molecular flexibility index (Phi) is 4.63. The van der Waals surface area contributed by atoms with E-state index >= 15 is 0 Å². The highest BCUT2D eigenvalue weighted by Gasteiger charge is 2.33. The lowest BCUT2D eigenvalue weighted by Crippen LogP contribution is -2.44. The molecule has 114 valence electrons. The number of anilines is 1. The van der Waals surface area contributed by atoms with E-state index in [0.717, 1.165) is 34.3 Å². The van der Waals surface area contributed by atoms with Crippen LogP contribution in [0.25, 0.3) is 11.0 Å². The summed E-state index contributed by atoms with van der Waals surface area (Å²) in [6.45, 7) is -0.191. The molecule has 0 atom stereocenters. The van der Waals surface area contributed by atoms with Gasteiger partial charge in [0.05, 0.1) is 12.1 Å². The Morgan fingerprint density at radius 3 is 3.10 bits per heavy atom. The van der Waals surface area contributed by atoms with E-state index < -0.39 is 0 Å². The molecule has 1 aliphatic carbocycles. The zero-order chi connectivity index (χ0) is 14.7. The summed E-state index contributed by atoms with van der Waals surface area (Å²) in [6, 6.07) is 2.59. The molecule has 6 heteroatoms. The summed E-state index contributed by atoms with van der Waals surface area (Å²) in [6.07, 6.45) is 6.62. The van der Waals surface area contributed by atoms with Crippen LogP contribution in [0.5, 0.6) is 0 Å². The highest BCUT2D eigenvalue weighted by atomic mass is 32.2. The molecule has 0 radical (unpaired) electrons. The quantitative estimate of drug-likeness (QED) is 0.797. The maximum absolute atomic E-state index is 12.0. The number of aromatic nitrogens is 3. The van der Waals surface area contributed by atoms with E-state index in [-0.39, 0.29) is 6.67 Å². The summed E-state index contributed by atoms with van der Waals surface area (Å²) in [5.74, 6) is 3.89. The fraction of sp³-hybridized carbons (Fsp3) is 0.600. The Balaban J connectivity index is 1.53. The van der Waals surface area contributed by atoms with Crippen LogP contribution in [0.4, 0.5) is 10.2 Å². The molecule has 0 aliphatic heterocycles. The lowest BCUT2D eigenvalue weighted by Gasteiger charge is -2.41. The molecule has 0 aromatic carbocycles. The number of nitrogens with one attached hydrogen (secondary N) is 1. The van der Waals surface area contributed by atoms with Gasteiger partial charge in [0.2, 0.25) is 0 Å². The van der Waals surface area contributed by atoms with Gasteiger partial charge in [-0.15, -0.1) is 0 Å². The Bertz CT molecular complexity index is 582. The second-order valence-corrected chi connectivity index (χ2v) is 6.81. The van der Waals surface area contributed by atoms with Crippen LogP contribution < -0.4 is 4.90 Å². The molecule has 1 fully saturated rings. The Labute approximate surface area is 128 Å².